The molecule has 0 bridgehead atoms. The molecule has 1 aromatic rings. The molecule has 114 valence electrons. The van der Waals surface area contributed by atoms with E-state index in [9.17, 15) is 22.4 Å². The number of alkyl halides is 3. The summed E-state index contributed by atoms with van der Waals surface area (Å²) in [6.07, 6.45) is -2.91. The number of benzene rings is 1. The highest BCUT2D eigenvalue weighted by atomic mass is 19.4. The van der Waals surface area contributed by atoms with Gasteiger partial charge in [-0.2, -0.15) is 13.2 Å². The van der Waals surface area contributed by atoms with Gasteiger partial charge in [-0.05, 0) is 36.6 Å². The molecule has 3 nitrogen and oxygen atoms in total. The molecule has 2 rings (SSSR count). The molecule has 1 heterocycles. The lowest BCUT2D eigenvalue weighted by Gasteiger charge is -2.30. The summed E-state index contributed by atoms with van der Waals surface area (Å²) in [5.41, 5.74) is 1.67. The first kappa shape index (κ1) is 15.5. The smallest absolute Gasteiger partial charge is 0.360 e. The van der Waals surface area contributed by atoms with Gasteiger partial charge in [0.1, 0.15) is 5.82 Å². The van der Waals surface area contributed by atoms with E-state index in [1.807, 2.05) is 0 Å². The van der Waals surface area contributed by atoms with Gasteiger partial charge in [-0.25, -0.2) is 9.18 Å². The molecular formula is C14H13F4NO2. The van der Waals surface area contributed by atoms with E-state index in [1.165, 1.54) is 12.1 Å². The molecule has 7 heteroatoms. The third-order valence-electron chi connectivity index (χ3n) is 3.14. The Kier molecular flexibility index (Phi) is 4.32. The van der Waals surface area contributed by atoms with Crippen LogP contribution in [0.2, 0.25) is 0 Å². The number of hydrogen-bond acceptors (Lipinski definition) is 3. The van der Waals surface area contributed by atoms with Crippen molar-refractivity contribution in [3.63, 3.8) is 0 Å². The first-order valence-electron chi connectivity index (χ1n) is 6.30. The van der Waals surface area contributed by atoms with Crippen LogP contribution in [-0.2, 0) is 9.63 Å². The summed E-state index contributed by atoms with van der Waals surface area (Å²) in [6.45, 7) is 1.76. The van der Waals surface area contributed by atoms with Crippen molar-refractivity contribution in [1.82, 2.24) is 5.06 Å². The minimum atomic E-state index is -5.01. The van der Waals surface area contributed by atoms with Crippen molar-refractivity contribution >= 4 is 11.5 Å². The standard InChI is InChI=1S/C14H13F4NO2/c1-9-8-11(10-2-4-12(15)5-3-10)6-7-19(9)21-13(20)14(16,17)18/h2-5,8-9H,6-7H2,1H3. The van der Waals surface area contributed by atoms with Crippen molar-refractivity contribution in [2.24, 2.45) is 0 Å². The molecule has 0 fully saturated rings. The molecule has 21 heavy (non-hydrogen) atoms. The van der Waals surface area contributed by atoms with E-state index in [2.05, 4.69) is 4.84 Å². The number of hydrogen-bond donors (Lipinski definition) is 0. The van der Waals surface area contributed by atoms with Gasteiger partial charge in [-0.15, -0.1) is 5.06 Å². The first-order chi connectivity index (χ1) is 9.77. The Bertz CT molecular complexity index is 551. The van der Waals surface area contributed by atoms with Crippen molar-refractivity contribution in [2.75, 3.05) is 6.54 Å². The second-order valence-electron chi connectivity index (χ2n) is 4.71. The predicted molar refractivity (Wildman–Crippen MR) is 67.3 cm³/mol. The van der Waals surface area contributed by atoms with E-state index in [1.54, 1.807) is 25.1 Å². The van der Waals surface area contributed by atoms with Gasteiger partial charge in [0.25, 0.3) is 0 Å². The van der Waals surface area contributed by atoms with Gasteiger partial charge in [0.05, 0.1) is 6.04 Å². The van der Waals surface area contributed by atoms with E-state index in [0.717, 1.165) is 16.2 Å². The highest BCUT2D eigenvalue weighted by molar-refractivity contribution is 5.75. The molecular weight excluding hydrogens is 290 g/mol. The Morgan fingerprint density at radius 2 is 1.90 bits per heavy atom. The summed E-state index contributed by atoms with van der Waals surface area (Å²) in [6, 6.07) is 5.34. The summed E-state index contributed by atoms with van der Waals surface area (Å²) in [5, 5.41) is 0.989. The Balaban J connectivity index is 2.07. The van der Waals surface area contributed by atoms with Crippen LogP contribution in [0.15, 0.2) is 30.3 Å². The molecule has 0 aromatic heterocycles. The number of carbonyl (C=O) groups is 1. The van der Waals surface area contributed by atoms with Crippen LogP contribution in [0.3, 0.4) is 0 Å². The second-order valence-corrected chi connectivity index (χ2v) is 4.71. The fraction of sp³-hybridized carbons (Fsp3) is 0.357. The minimum Gasteiger partial charge on any atom is -0.360 e. The number of hydroxylamine groups is 2. The average molecular weight is 303 g/mol. The molecule has 0 aliphatic carbocycles. The van der Waals surface area contributed by atoms with Gasteiger partial charge < -0.3 is 4.84 Å². The highest BCUT2D eigenvalue weighted by Gasteiger charge is 2.43. The van der Waals surface area contributed by atoms with Gasteiger partial charge in [-0.1, -0.05) is 18.2 Å². The zero-order chi connectivity index (χ0) is 15.6. The largest absolute Gasteiger partial charge is 0.492 e. The molecule has 0 spiro atoms. The molecule has 0 saturated heterocycles. The van der Waals surface area contributed by atoms with Crippen LogP contribution in [0.1, 0.15) is 18.9 Å². The first-order valence-corrected chi connectivity index (χ1v) is 6.30. The zero-order valence-corrected chi connectivity index (χ0v) is 11.2. The maximum atomic E-state index is 12.9. The lowest BCUT2D eigenvalue weighted by atomic mass is 9.97. The van der Waals surface area contributed by atoms with Crippen LogP contribution >= 0.6 is 0 Å². The molecule has 0 amide bonds. The zero-order valence-electron chi connectivity index (χ0n) is 11.2. The fourth-order valence-electron chi connectivity index (χ4n) is 2.08. The Labute approximate surface area is 118 Å². The molecule has 0 N–H and O–H groups in total. The average Bonchev–Trinajstić information content (AvgIpc) is 2.41. The molecule has 1 atom stereocenters. The minimum absolute atomic E-state index is 0.145. The van der Waals surface area contributed by atoms with Crippen LogP contribution in [0.4, 0.5) is 17.6 Å². The lowest BCUT2D eigenvalue weighted by molar-refractivity contribution is -0.243. The van der Waals surface area contributed by atoms with E-state index in [0.29, 0.717) is 6.42 Å². The van der Waals surface area contributed by atoms with E-state index < -0.39 is 18.2 Å². The Hall–Kier alpha value is -1.89. The summed E-state index contributed by atoms with van der Waals surface area (Å²) in [7, 11) is 0. The van der Waals surface area contributed by atoms with Gasteiger partial charge >= 0.3 is 12.1 Å². The number of nitrogens with zero attached hydrogens (tertiary/aromatic N) is 1. The maximum absolute atomic E-state index is 12.9. The van der Waals surface area contributed by atoms with Crippen molar-refractivity contribution in [2.45, 2.75) is 25.6 Å². The van der Waals surface area contributed by atoms with Crippen LogP contribution in [0, 0.1) is 5.82 Å². The van der Waals surface area contributed by atoms with Crippen LogP contribution in [0.25, 0.3) is 5.57 Å². The Morgan fingerprint density at radius 1 is 1.29 bits per heavy atom. The van der Waals surface area contributed by atoms with Gasteiger partial charge in [0, 0.05) is 6.54 Å². The van der Waals surface area contributed by atoms with Crippen molar-refractivity contribution in [1.29, 1.82) is 0 Å². The second kappa shape index (κ2) is 5.85. The lowest BCUT2D eigenvalue weighted by Crippen LogP contribution is -2.41. The predicted octanol–water partition coefficient (Wildman–Crippen LogP) is 3.32. The summed E-state index contributed by atoms with van der Waals surface area (Å²) >= 11 is 0. The number of carbonyl (C=O) groups excluding carboxylic acids is 1. The quantitative estimate of drug-likeness (QED) is 0.785. The molecule has 0 saturated carbocycles. The van der Waals surface area contributed by atoms with Crippen LogP contribution < -0.4 is 0 Å². The maximum Gasteiger partial charge on any atom is 0.492 e. The molecule has 1 aliphatic rings. The van der Waals surface area contributed by atoms with E-state index in [4.69, 9.17) is 0 Å². The third-order valence-corrected chi connectivity index (χ3v) is 3.14. The molecule has 1 unspecified atom stereocenters. The van der Waals surface area contributed by atoms with Gasteiger partial charge in [0.2, 0.25) is 0 Å². The SMILES string of the molecule is CC1C=C(c2ccc(F)cc2)CCN1OC(=O)C(F)(F)F. The van der Waals surface area contributed by atoms with Gasteiger partial charge in [0.15, 0.2) is 0 Å². The highest BCUT2D eigenvalue weighted by Crippen LogP contribution is 2.27. The Morgan fingerprint density at radius 3 is 2.43 bits per heavy atom. The van der Waals surface area contributed by atoms with Crippen molar-refractivity contribution < 1.29 is 27.2 Å². The summed E-state index contributed by atoms with van der Waals surface area (Å²) < 4.78 is 49.3. The summed E-state index contributed by atoms with van der Waals surface area (Å²) in [5.74, 6) is -2.59. The van der Waals surface area contributed by atoms with Crippen LogP contribution in [0.5, 0.6) is 0 Å². The summed E-state index contributed by atoms with van der Waals surface area (Å²) in [4.78, 5) is 15.2. The normalized spacial score (nSPS) is 20.0. The third kappa shape index (κ3) is 3.81. The molecule has 1 aliphatic heterocycles. The van der Waals surface area contributed by atoms with Crippen molar-refractivity contribution in [3.8, 4) is 0 Å². The molecule has 1 aromatic carbocycles. The monoisotopic (exact) mass is 303 g/mol. The topological polar surface area (TPSA) is 29.5 Å². The van der Waals surface area contributed by atoms with Crippen LogP contribution in [-0.4, -0.2) is 29.8 Å². The van der Waals surface area contributed by atoms with E-state index in [-0.39, 0.29) is 12.4 Å². The number of halogens is 4. The van der Waals surface area contributed by atoms with Gasteiger partial charge in [-0.3, -0.25) is 0 Å². The molecule has 0 radical (unpaired) electrons. The van der Waals surface area contributed by atoms with E-state index >= 15 is 0 Å². The fourth-order valence-corrected chi connectivity index (χ4v) is 2.08. The van der Waals surface area contributed by atoms with Crippen molar-refractivity contribution in [3.05, 3.63) is 41.7 Å². The number of rotatable bonds is 2.